The zero-order valence-corrected chi connectivity index (χ0v) is 16.5. The van der Waals surface area contributed by atoms with Crippen LogP contribution in [0.25, 0.3) is 22.0 Å². The standard InChI is InChI=1S/C21H15Cl2N5/c1-27-12-28(17-6-7-19(22)26-21(17)23)20-15-9-13(14-3-2-8-24-10-14)4-5-16(15)25-11-18(20)27/h2-11H,12H2,1H3. The summed E-state index contributed by atoms with van der Waals surface area (Å²) < 4.78 is 0. The van der Waals surface area contributed by atoms with Crippen LogP contribution in [0.15, 0.2) is 61.1 Å². The first-order chi connectivity index (χ1) is 13.6. The van der Waals surface area contributed by atoms with Crippen molar-refractivity contribution in [2.75, 3.05) is 23.5 Å². The van der Waals surface area contributed by atoms with E-state index in [1.165, 1.54) is 0 Å². The molecule has 1 aliphatic rings. The van der Waals surface area contributed by atoms with Crippen molar-refractivity contribution in [1.29, 1.82) is 0 Å². The molecule has 0 atom stereocenters. The summed E-state index contributed by atoms with van der Waals surface area (Å²) in [6, 6.07) is 13.9. The second kappa shape index (κ2) is 6.62. The highest BCUT2D eigenvalue weighted by Gasteiger charge is 2.29. The molecule has 0 spiro atoms. The summed E-state index contributed by atoms with van der Waals surface area (Å²) in [7, 11) is 2.04. The minimum atomic E-state index is 0.375. The molecule has 138 valence electrons. The third-order valence-corrected chi connectivity index (χ3v) is 5.42. The summed E-state index contributed by atoms with van der Waals surface area (Å²) >= 11 is 12.4. The van der Waals surface area contributed by atoms with Gasteiger partial charge in [-0.15, -0.1) is 0 Å². The summed E-state index contributed by atoms with van der Waals surface area (Å²) in [5.41, 5.74) is 5.99. The van der Waals surface area contributed by atoms with E-state index in [1.54, 1.807) is 12.3 Å². The lowest BCUT2D eigenvalue weighted by molar-refractivity contribution is 0.946. The highest BCUT2D eigenvalue weighted by molar-refractivity contribution is 6.34. The van der Waals surface area contributed by atoms with Gasteiger partial charge in [0.05, 0.1) is 35.4 Å². The van der Waals surface area contributed by atoms with E-state index < -0.39 is 0 Å². The molecule has 4 heterocycles. The fraction of sp³-hybridized carbons (Fsp3) is 0.0952. The molecule has 7 heteroatoms. The Labute approximate surface area is 172 Å². The number of pyridine rings is 3. The molecule has 3 aromatic heterocycles. The predicted octanol–water partition coefficient (Wildman–Crippen LogP) is 5.54. The molecule has 1 aliphatic heterocycles. The van der Waals surface area contributed by atoms with Gasteiger partial charge in [-0.3, -0.25) is 9.97 Å². The largest absolute Gasteiger partial charge is 0.354 e. The molecule has 28 heavy (non-hydrogen) atoms. The Hall–Kier alpha value is -2.89. The number of halogens is 2. The Morgan fingerprint density at radius 1 is 0.964 bits per heavy atom. The van der Waals surface area contributed by atoms with E-state index in [2.05, 4.69) is 43.0 Å². The predicted molar refractivity (Wildman–Crippen MR) is 115 cm³/mol. The van der Waals surface area contributed by atoms with Gasteiger partial charge in [-0.05, 0) is 35.9 Å². The van der Waals surface area contributed by atoms with Gasteiger partial charge in [0.1, 0.15) is 5.15 Å². The first-order valence-corrected chi connectivity index (χ1v) is 9.51. The molecule has 0 aliphatic carbocycles. The third-order valence-electron chi connectivity index (χ3n) is 4.94. The lowest BCUT2D eigenvalue weighted by Gasteiger charge is -2.21. The molecule has 1 aromatic carbocycles. The van der Waals surface area contributed by atoms with Crippen LogP contribution in [0.2, 0.25) is 10.3 Å². The molecule has 5 rings (SSSR count). The monoisotopic (exact) mass is 407 g/mol. The van der Waals surface area contributed by atoms with Gasteiger partial charge in [-0.25, -0.2) is 4.98 Å². The van der Waals surface area contributed by atoms with Crippen molar-refractivity contribution in [1.82, 2.24) is 15.0 Å². The topological polar surface area (TPSA) is 45.2 Å². The number of hydrogen-bond donors (Lipinski definition) is 0. The lowest BCUT2D eigenvalue weighted by atomic mass is 10.0. The first kappa shape index (κ1) is 17.2. The van der Waals surface area contributed by atoms with Gasteiger partial charge in [0.25, 0.3) is 0 Å². The van der Waals surface area contributed by atoms with Crippen molar-refractivity contribution in [2.45, 2.75) is 0 Å². The van der Waals surface area contributed by atoms with Crippen molar-refractivity contribution in [3.63, 3.8) is 0 Å². The highest BCUT2D eigenvalue weighted by Crippen LogP contribution is 2.46. The third kappa shape index (κ3) is 2.75. The van der Waals surface area contributed by atoms with Gasteiger partial charge in [-0.1, -0.05) is 35.3 Å². The smallest absolute Gasteiger partial charge is 0.154 e. The minimum Gasteiger partial charge on any atom is -0.354 e. The van der Waals surface area contributed by atoms with E-state index in [-0.39, 0.29) is 0 Å². The molecule has 0 fully saturated rings. The zero-order chi connectivity index (χ0) is 19.3. The minimum absolute atomic E-state index is 0.375. The number of anilines is 3. The van der Waals surface area contributed by atoms with Gasteiger partial charge < -0.3 is 9.80 Å². The SMILES string of the molecule is CN1CN(c2ccc(Cl)nc2Cl)c2c1cnc1ccc(-c3cccnc3)cc21. The van der Waals surface area contributed by atoms with Crippen molar-refractivity contribution >= 4 is 51.2 Å². The number of benzene rings is 1. The number of fused-ring (bicyclic) bond motifs is 3. The Balaban J connectivity index is 1.74. The van der Waals surface area contributed by atoms with E-state index in [4.69, 9.17) is 23.2 Å². The molecular formula is C21H15Cl2N5. The first-order valence-electron chi connectivity index (χ1n) is 8.76. The van der Waals surface area contributed by atoms with E-state index >= 15 is 0 Å². The van der Waals surface area contributed by atoms with Crippen LogP contribution in [-0.4, -0.2) is 28.7 Å². The molecular weight excluding hydrogens is 393 g/mol. The van der Waals surface area contributed by atoms with Crippen molar-refractivity contribution in [3.05, 3.63) is 71.4 Å². The van der Waals surface area contributed by atoms with E-state index in [9.17, 15) is 0 Å². The average molecular weight is 408 g/mol. The second-order valence-electron chi connectivity index (χ2n) is 6.68. The van der Waals surface area contributed by atoms with Crippen LogP contribution in [0, 0.1) is 0 Å². The van der Waals surface area contributed by atoms with Gasteiger partial charge in [0.15, 0.2) is 5.15 Å². The van der Waals surface area contributed by atoms with Gasteiger partial charge in [0, 0.05) is 30.4 Å². The van der Waals surface area contributed by atoms with Crippen molar-refractivity contribution in [2.24, 2.45) is 0 Å². The van der Waals surface area contributed by atoms with Gasteiger partial charge in [-0.2, -0.15) is 0 Å². The molecule has 5 nitrogen and oxygen atoms in total. The van der Waals surface area contributed by atoms with Crippen LogP contribution in [0.4, 0.5) is 17.1 Å². The number of hydrogen-bond acceptors (Lipinski definition) is 5. The molecule has 0 saturated carbocycles. The fourth-order valence-corrected chi connectivity index (χ4v) is 4.05. The van der Waals surface area contributed by atoms with E-state index in [0.29, 0.717) is 17.0 Å². The summed E-state index contributed by atoms with van der Waals surface area (Å²) in [6.45, 7) is 0.649. The Morgan fingerprint density at radius 2 is 1.86 bits per heavy atom. The van der Waals surface area contributed by atoms with E-state index in [1.807, 2.05) is 37.6 Å². The molecule has 0 radical (unpaired) electrons. The zero-order valence-electron chi connectivity index (χ0n) is 15.0. The molecule has 0 saturated heterocycles. The quantitative estimate of drug-likeness (QED) is 0.408. The second-order valence-corrected chi connectivity index (χ2v) is 7.42. The highest BCUT2D eigenvalue weighted by atomic mass is 35.5. The van der Waals surface area contributed by atoms with Crippen LogP contribution >= 0.6 is 23.2 Å². The Bertz CT molecular complexity index is 1200. The van der Waals surface area contributed by atoms with Gasteiger partial charge in [0.2, 0.25) is 0 Å². The molecule has 0 bridgehead atoms. The number of aromatic nitrogens is 3. The number of nitrogens with zero attached hydrogens (tertiary/aromatic N) is 5. The summed E-state index contributed by atoms with van der Waals surface area (Å²) in [4.78, 5) is 17.4. The Morgan fingerprint density at radius 3 is 2.64 bits per heavy atom. The van der Waals surface area contributed by atoms with Crippen LogP contribution in [0.3, 0.4) is 0 Å². The van der Waals surface area contributed by atoms with Crippen molar-refractivity contribution < 1.29 is 0 Å². The Kier molecular flexibility index (Phi) is 4.07. The van der Waals surface area contributed by atoms with Crippen molar-refractivity contribution in [3.8, 4) is 11.1 Å². The summed E-state index contributed by atoms with van der Waals surface area (Å²) in [5, 5.41) is 1.80. The average Bonchev–Trinajstić information content (AvgIpc) is 3.05. The maximum Gasteiger partial charge on any atom is 0.154 e. The van der Waals surface area contributed by atoms with Crippen LogP contribution < -0.4 is 9.80 Å². The van der Waals surface area contributed by atoms with Crippen LogP contribution in [0.5, 0.6) is 0 Å². The maximum absolute atomic E-state index is 6.42. The normalized spacial score (nSPS) is 13.2. The summed E-state index contributed by atoms with van der Waals surface area (Å²) in [5.74, 6) is 0. The molecule has 0 unspecified atom stereocenters. The van der Waals surface area contributed by atoms with E-state index in [0.717, 1.165) is 39.1 Å². The lowest BCUT2D eigenvalue weighted by Crippen LogP contribution is -2.24. The molecule has 4 aromatic rings. The van der Waals surface area contributed by atoms with Crippen LogP contribution in [0.1, 0.15) is 0 Å². The fourth-order valence-electron chi connectivity index (χ4n) is 3.61. The molecule has 0 N–H and O–H groups in total. The van der Waals surface area contributed by atoms with Gasteiger partial charge >= 0.3 is 0 Å². The van der Waals surface area contributed by atoms with Crippen LogP contribution in [-0.2, 0) is 0 Å². The molecule has 0 amide bonds. The maximum atomic E-state index is 6.42. The summed E-state index contributed by atoms with van der Waals surface area (Å²) in [6.07, 6.45) is 5.54. The number of rotatable bonds is 2.